The van der Waals surface area contributed by atoms with Crippen LogP contribution in [0.4, 0.5) is 4.79 Å². The molecule has 0 aliphatic carbocycles. The third-order valence-electron chi connectivity index (χ3n) is 4.83. The van der Waals surface area contributed by atoms with Crippen molar-refractivity contribution in [2.75, 3.05) is 0 Å². The van der Waals surface area contributed by atoms with Crippen molar-refractivity contribution in [1.29, 1.82) is 0 Å². The summed E-state index contributed by atoms with van der Waals surface area (Å²) in [5.41, 5.74) is 5.38. The van der Waals surface area contributed by atoms with Gasteiger partial charge >= 0.3 is 6.03 Å². The van der Waals surface area contributed by atoms with Crippen LogP contribution in [0.15, 0.2) is 79.1 Å². The Kier molecular flexibility index (Phi) is 5.15. The number of rotatable bonds is 5. The predicted octanol–water partition coefficient (Wildman–Crippen LogP) is 4.34. The van der Waals surface area contributed by atoms with Crippen molar-refractivity contribution < 1.29 is 4.79 Å². The van der Waals surface area contributed by atoms with Crippen molar-refractivity contribution in [1.82, 2.24) is 19.6 Å². The van der Waals surface area contributed by atoms with Crippen LogP contribution in [0, 0.1) is 0 Å². The number of benzene rings is 2. The Balaban J connectivity index is 1.79. The van der Waals surface area contributed by atoms with E-state index >= 15 is 0 Å². The molecule has 0 amide bonds. The van der Waals surface area contributed by atoms with Crippen molar-refractivity contribution in [2.24, 2.45) is 0 Å². The fourth-order valence-corrected chi connectivity index (χ4v) is 3.47. The standard InChI is InChI=1S/C23H22N4O/c1-2-22-20(16-18-10-5-3-6-11-18)21(17-19-12-7-4-8-13-19)25-27(22)23(28)26-15-9-14-24-26/h3-15H,2,16-17H2,1H3. The van der Waals surface area contributed by atoms with Gasteiger partial charge in [-0.05, 0) is 23.6 Å². The molecule has 0 spiro atoms. The van der Waals surface area contributed by atoms with Crippen molar-refractivity contribution >= 4 is 6.03 Å². The van der Waals surface area contributed by atoms with E-state index in [2.05, 4.69) is 36.3 Å². The summed E-state index contributed by atoms with van der Waals surface area (Å²) < 4.78 is 2.84. The van der Waals surface area contributed by atoms with Crippen LogP contribution in [0.2, 0.25) is 0 Å². The summed E-state index contributed by atoms with van der Waals surface area (Å²) in [6.45, 7) is 2.06. The molecule has 2 aromatic carbocycles. The maximum absolute atomic E-state index is 13.0. The Morgan fingerprint density at radius 3 is 2.11 bits per heavy atom. The molecule has 0 atom stereocenters. The smallest absolute Gasteiger partial charge is 0.244 e. The van der Waals surface area contributed by atoms with E-state index in [1.54, 1.807) is 18.5 Å². The topological polar surface area (TPSA) is 52.7 Å². The van der Waals surface area contributed by atoms with Gasteiger partial charge in [0.05, 0.1) is 11.4 Å². The van der Waals surface area contributed by atoms with Crippen molar-refractivity contribution in [2.45, 2.75) is 26.2 Å². The van der Waals surface area contributed by atoms with E-state index in [-0.39, 0.29) is 6.03 Å². The van der Waals surface area contributed by atoms with Gasteiger partial charge in [-0.15, -0.1) is 0 Å². The van der Waals surface area contributed by atoms with Crippen LogP contribution in [0.3, 0.4) is 0 Å². The molecule has 0 aliphatic rings. The Morgan fingerprint density at radius 2 is 1.54 bits per heavy atom. The quantitative estimate of drug-likeness (QED) is 0.525. The lowest BCUT2D eigenvalue weighted by atomic mass is 9.98. The summed E-state index contributed by atoms with van der Waals surface area (Å²) in [4.78, 5) is 13.0. The second-order valence-corrected chi connectivity index (χ2v) is 6.70. The van der Waals surface area contributed by atoms with E-state index in [9.17, 15) is 4.79 Å². The summed E-state index contributed by atoms with van der Waals surface area (Å²) in [5.74, 6) is 0. The van der Waals surface area contributed by atoms with Gasteiger partial charge in [0.15, 0.2) is 0 Å². The Morgan fingerprint density at radius 1 is 0.893 bits per heavy atom. The highest BCUT2D eigenvalue weighted by molar-refractivity contribution is 5.78. The molecule has 4 rings (SSSR count). The average Bonchev–Trinajstić information content (AvgIpc) is 3.38. The number of hydrogen-bond acceptors (Lipinski definition) is 3. The fourth-order valence-electron chi connectivity index (χ4n) is 3.47. The zero-order chi connectivity index (χ0) is 19.3. The number of carbonyl (C=O) groups excluding carboxylic acids is 1. The van der Waals surface area contributed by atoms with Gasteiger partial charge in [-0.1, -0.05) is 67.6 Å². The minimum Gasteiger partial charge on any atom is -0.244 e. The normalized spacial score (nSPS) is 10.9. The van der Waals surface area contributed by atoms with E-state index in [4.69, 9.17) is 5.10 Å². The number of carbonyl (C=O) groups is 1. The number of hydrogen-bond donors (Lipinski definition) is 0. The molecule has 0 fully saturated rings. The third kappa shape index (κ3) is 3.64. The maximum atomic E-state index is 13.0. The molecule has 0 unspecified atom stereocenters. The van der Waals surface area contributed by atoms with Gasteiger partial charge in [-0.2, -0.15) is 19.6 Å². The van der Waals surface area contributed by atoms with Crippen molar-refractivity contribution in [3.05, 3.63) is 107 Å². The van der Waals surface area contributed by atoms with Crippen LogP contribution < -0.4 is 0 Å². The summed E-state index contributed by atoms with van der Waals surface area (Å²) in [6.07, 6.45) is 5.41. The summed E-state index contributed by atoms with van der Waals surface area (Å²) >= 11 is 0. The predicted molar refractivity (Wildman–Crippen MR) is 109 cm³/mol. The Bertz CT molecular complexity index is 1050. The van der Waals surface area contributed by atoms with Crippen LogP contribution in [0.1, 0.15) is 35.0 Å². The van der Waals surface area contributed by atoms with E-state index in [0.717, 1.165) is 29.8 Å². The minimum absolute atomic E-state index is 0.254. The first-order valence-electron chi connectivity index (χ1n) is 9.48. The molecule has 28 heavy (non-hydrogen) atoms. The molecule has 0 radical (unpaired) electrons. The van der Waals surface area contributed by atoms with Crippen LogP contribution in [0.5, 0.6) is 0 Å². The highest BCUT2D eigenvalue weighted by Crippen LogP contribution is 2.22. The SMILES string of the molecule is CCc1c(Cc2ccccc2)c(Cc2ccccc2)nn1C(=O)n1cccn1. The van der Waals surface area contributed by atoms with Gasteiger partial charge in [0.2, 0.25) is 0 Å². The Labute approximate surface area is 164 Å². The van der Waals surface area contributed by atoms with Crippen LogP contribution >= 0.6 is 0 Å². The van der Waals surface area contributed by atoms with E-state index in [0.29, 0.717) is 6.42 Å². The molecule has 0 saturated carbocycles. The first-order valence-corrected chi connectivity index (χ1v) is 9.48. The monoisotopic (exact) mass is 370 g/mol. The molecule has 0 saturated heterocycles. The zero-order valence-corrected chi connectivity index (χ0v) is 15.8. The average molecular weight is 370 g/mol. The lowest BCUT2D eigenvalue weighted by Crippen LogP contribution is -2.23. The first-order chi connectivity index (χ1) is 13.8. The second kappa shape index (κ2) is 8.05. The van der Waals surface area contributed by atoms with Gasteiger partial charge < -0.3 is 0 Å². The van der Waals surface area contributed by atoms with Crippen LogP contribution in [-0.2, 0) is 19.3 Å². The van der Waals surface area contributed by atoms with Gasteiger partial charge in [-0.25, -0.2) is 4.79 Å². The highest BCUT2D eigenvalue weighted by Gasteiger charge is 2.22. The molecule has 0 N–H and O–H groups in total. The zero-order valence-electron chi connectivity index (χ0n) is 15.8. The molecule has 140 valence electrons. The number of aromatic nitrogens is 4. The molecule has 2 heterocycles. The van der Waals surface area contributed by atoms with Gasteiger partial charge in [0, 0.05) is 30.8 Å². The highest BCUT2D eigenvalue weighted by atomic mass is 16.2. The molecule has 0 aliphatic heterocycles. The van der Waals surface area contributed by atoms with Gasteiger partial charge in [0.1, 0.15) is 0 Å². The molecule has 5 heteroatoms. The molecule has 2 aromatic heterocycles. The third-order valence-corrected chi connectivity index (χ3v) is 4.83. The number of nitrogens with zero attached hydrogens (tertiary/aromatic N) is 4. The summed E-state index contributed by atoms with van der Waals surface area (Å²) in [5, 5.41) is 8.82. The lowest BCUT2D eigenvalue weighted by Gasteiger charge is -2.07. The molecule has 5 nitrogen and oxygen atoms in total. The van der Waals surface area contributed by atoms with Gasteiger partial charge in [0.25, 0.3) is 0 Å². The largest absolute Gasteiger partial charge is 0.369 e. The fraction of sp³-hybridized carbons (Fsp3) is 0.174. The van der Waals surface area contributed by atoms with Crippen molar-refractivity contribution in [3.8, 4) is 0 Å². The summed E-state index contributed by atoms with van der Waals surface area (Å²) in [7, 11) is 0. The van der Waals surface area contributed by atoms with Crippen LogP contribution in [0.25, 0.3) is 0 Å². The molecular weight excluding hydrogens is 348 g/mol. The maximum Gasteiger partial charge on any atom is 0.369 e. The van der Waals surface area contributed by atoms with Gasteiger partial charge in [-0.3, -0.25) is 0 Å². The Hall–Kier alpha value is -3.47. The molecule has 4 aromatic rings. The lowest BCUT2D eigenvalue weighted by molar-refractivity contribution is 0.237. The van der Waals surface area contributed by atoms with E-state index in [1.807, 2.05) is 36.4 Å². The molecular formula is C23H22N4O. The van der Waals surface area contributed by atoms with Crippen LogP contribution in [-0.4, -0.2) is 25.6 Å². The minimum atomic E-state index is -0.254. The van der Waals surface area contributed by atoms with Crippen molar-refractivity contribution in [3.63, 3.8) is 0 Å². The van der Waals surface area contributed by atoms with E-state index < -0.39 is 0 Å². The van der Waals surface area contributed by atoms with E-state index in [1.165, 1.54) is 20.5 Å². The second-order valence-electron chi connectivity index (χ2n) is 6.70. The summed E-state index contributed by atoms with van der Waals surface area (Å²) in [6, 6.07) is 22.0. The molecule has 0 bridgehead atoms. The first kappa shape index (κ1) is 17.9.